The van der Waals surface area contributed by atoms with E-state index in [1.54, 1.807) is 6.07 Å². The lowest BCUT2D eigenvalue weighted by atomic mass is 9.78. The molecular weight excluding hydrogens is 479 g/mol. The van der Waals surface area contributed by atoms with Gasteiger partial charge in [-0.1, -0.05) is 12.1 Å². The van der Waals surface area contributed by atoms with Crippen LogP contribution in [0.3, 0.4) is 0 Å². The summed E-state index contributed by atoms with van der Waals surface area (Å²) in [4.78, 5) is 15.0. The molecule has 0 spiro atoms. The normalized spacial score (nSPS) is 19.8. The van der Waals surface area contributed by atoms with Crippen LogP contribution in [0.15, 0.2) is 62.8 Å². The summed E-state index contributed by atoms with van der Waals surface area (Å²) in [5, 5.41) is 9.89. The van der Waals surface area contributed by atoms with Crippen LogP contribution in [0.1, 0.15) is 35.6 Å². The molecule has 0 fully saturated rings. The Labute approximate surface area is 183 Å². The van der Waals surface area contributed by atoms with E-state index < -0.39 is 17.7 Å². The Morgan fingerprint density at radius 1 is 1.20 bits per heavy atom. The van der Waals surface area contributed by atoms with Crippen LogP contribution in [0.25, 0.3) is 0 Å². The summed E-state index contributed by atoms with van der Waals surface area (Å²) >= 11 is 4.76. The van der Waals surface area contributed by atoms with Gasteiger partial charge in [-0.05, 0) is 53.0 Å². The summed E-state index contributed by atoms with van der Waals surface area (Å²) in [7, 11) is 0. The van der Waals surface area contributed by atoms with E-state index in [4.69, 9.17) is 5.73 Å². The molecule has 0 saturated carbocycles. The predicted molar refractivity (Wildman–Crippen MR) is 111 cm³/mol. The fraction of sp³-hybridized carbons (Fsp3) is 0.238. The number of hydrogen-bond acceptors (Lipinski definition) is 5. The molecule has 0 radical (unpaired) electrons. The van der Waals surface area contributed by atoms with Crippen molar-refractivity contribution in [3.05, 3.63) is 73.3 Å². The van der Waals surface area contributed by atoms with E-state index in [9.17, 15) is 23.2 Å². The molecule has 0 bridgehead atoms. The first kappa shape index (κ1) is 20.7. The molecule has 2 heterocycles. The second-order valence-electron chi connectivity index (χ2n) is 6.97. The molecule has 4 nitrogen and oxygen atoms in total. The minimum absolute atomic E-state index is 0.0721. The number of allylic oxidation sites excluding steroid dienone is 3. The minimum Gasteiger partial charge on any atom is -0.384 e. The summed E-state index contributed by atoms with van der Waals surface area (Å²) in [6.07, 6.45) is -3.41. The number of alkyl halides is 3. The fourth-order valence-corrected chi connectivity index (χ4v) is 5.58. The highest BCUT2D eigenvalue weighted by atomic mass is 79.9. The van der Waals surface area contributed by atoms with Crippen molar-refractivity contribution in [3.63, 3.8) is 0 Å². The first-order chi connectivity index (χ1) is 14.2. The number of para-hydroxylation sites is 1. The van der Waals surface area contributed by atoms with Gasteiger partial charge in [-0.3, -0.25) is 9.69 Å². The van der Waals surface area contributed by atoms with Gasteiger partial charge < -0.3 is 5.73 Å². The van der Waals surface area contributed by atoms with E-state index in [0.29, 0.717) is 24.1 Å². The average Bonchev–Trinajstić information content (AvgIpc) is 3.12. The number of nitrogens with two attached hydrogens (primary N) is 1. The molecule has 154 valence electrons. The predicted octanol–water partition coefficient (Wildman–Crippen LogP) is 5.83. The summed E-state index contributed by atoms with van der Waals surface area (Å²) in [6, 6.07) is 10.7. The van der Waals surface area contributed by atoms with E-state index in [-0.39, 0.29) is 29.3 Å². The smallest absolute Gasteiger partial charge is 0.384 e. The number of nitrogens with zero attached hydrogens (tertiary/aromatic N) is 2. The maximum Gasteiger partial charge on any atom is 0.418 e. The van der Waals surface area contributed by atoms with Gasteiger partial charge in [-0.2, -0.15) is 18.4 Å². The third-order valence-electron chi connectivity index (χ3n) is 5.24. The summed E-state index contributed by atoms with van der Waals surface area (Å²) in [5.74, 6) is -0.916. The zero-order valence-corrected chi connectivity index (χ0v) is 17.9. The minimum atomic E-state index is -4.61. The Morgan fingerprint density at radius 2 is 1.93 bits per heavy atom. The van der Waals surface area contributed by atoms with E-state index in [2.05, 4.69) is 22.0 Å². The molecule has 4 rings (SSSR count). The van der Waals surface area contributed by atoms with Crippen molar-refractivity contribution in [1.29, 1.82) is 5.26 Å². The van der Waals surface area contributed by atoms with Crippen LogP contribution < -0.4 is 10.6 Å². The SMILES string of the molecule is N#CC1=C(N)N(c2ccccc2C(F)(F)F)C2=C(C(=O)CCC2)[C@@H]1c1ccc(Br)s1. The van der Waals surface area contributed by atoms with E-state index >= 15 is 0 Å². The largest absolute Gasteiger partial charge is 0.418 e. The van der Waals surface area contributed by atoms with Crippen LogP contribution in [0.4, 0.5) is 18.9 Å². The number of carbonyl (C=O) groups is 1. The molecular formula is C21H15BrF3N3OS. The van der Waals surface area contributed by atoms with Gasteiger partial charge in [0.25, 0.3) is 0 Å². The highest BCUT2D eigenvalue weighted by molar-refractivity contribution is 9.11. The molecule has 2 aromatic rings. The van der Waals surface area contributed by atoms with E-state index in [1.165, 1.54) is 34.4 Å². The Balaban J connectivity index is 2.01. The molecule has 2 N–H and O–H groups in total. The molecule has 1 atom stereocenters. The topological polar surface area (TPSA) is 70.1 Å². The maximum absolute atomic E-state index is 13.7. The number of hydrogen-bond donors (Lipinski definition) is 1. The summed E-state index contributed by atoms with van der Waals surface area (Å²) in [5.41, 5.74) is 6.16. The Hall–Kier alpha value is -2.57. The third-order valence-corrected chi connectivity index (χ3v) is 6.93. The highest BCUT2D eigenvalue weighted by Gasteiger charge is 2.43. The van der Waals surface area contributed by atoms with Crippen molar-refractivity contribution >= 4 is 38.7 Å². The van der Waals surface area contributed by atoms with Crippen LogP contribution in [0.5, 0.6) is 0 Å². The Bertz CT molecular complexity index is 1140. The number of Topliss-reactive ketones (excluding diaryl/α,β-unsaturated/α-hetero) is 1. The van der Waals surface area contributed by atoms with Crippen molar-refractivity contribution in [2.45, 2.75) is 31.4 Å². The fourth-order valence-electron chi connectivity index (χ4n) is 4.04. The van der Waals surface area contributed by atoms with Gasteiger partial charge in [0, 0.05) is 22.6 Å². The van der Waals surface area contributed by atoms with E-state index in [0.717, 1.165) is 14.7 Å². The Morgan fingerprint density at radius 3 is 2.57 bits per heavy atom. The lowest BCUT2D eigenvalue weighted by Crippen LogP contribution is -2.39. The highest BCUT2D eigenvalue weighted by Crippen LogP contribution is 2.49. The molecule has 2 aliphatic rings. The first-order valence-corrected chi connectivity index (χ1v) is 10.7. The number of benzene rings is 1. The first-order valence-electron chi connectivity index (χ1n) is 9.11. The number of carbonyl (C=O) groups excluding carboxylic acids is 1. The average molecular weight is 494 g/mol. The molecule has 0 unspecified atom stereocenters. The number of halogens is 4. The van der Waals surface area contributed by atoms with Crippen molar-refractivity contribution in [1.82, 2.24) is 0 Å². The molecule has 30 heavy (non-hydrogen) atoms. The molecule has 1 aromatic carbocycles. The van der Waals surface area contributed by atoms with Crippen molar-refractivity contribution in [3.8, 4) is 6.07 Å². The number of anilines is 1. The van der Waals surface area contributed by atoms with Crippen LogP contribution in [-0.4, -0.2) is 5.78 Å². The van der Waals surface area contributed by atoms with Crippen LogP contribution in [0.2, 0.25) is 0 Å². The van der Waals surface area contributed by atoms with Gasteiger partial charge >= 0.3 is 6.18 Å². The number of nitriles is 1. The monoisotopic (exact) mass is 493 g/mol. The van der Waals surface area contributed by atoms with Gasteiger partial charge in [0.15, 0.2) is 5.78 Å². The molecule has 1 aliphatic heterocycles. The van der Waals surface area contributed by atoms with Crippen LogP contribution in [-0.2, 0) is 11.0 Å². The number of rotatable bonds is 2. The standard InChI is InChI=1S/C21H15BrF3N3OS/c22-17-9-8-16(30-17)18-11(10-26)20(27)28(14-6-3-7-15(29)19(14)18)13-5-2-1-4-12(13)21(23,24)25/h1-2,4-5,8-9,18H,3,6-7,27H2/t18-/m0/s1. The van der Waals surface area contributed by atoms with Crippen molar-refractivity contribution in [2.24, 2.45) is 5.73 Å². The summed E-state index contributed by atoms with van der Waals surface area (Å²) < 4.78 is 42.0. The number of thiophene rings is 1. The van der Waals surface area contributed by atoms with Gasteiger partial charge in [-0.25, -0.2) is 0 Å². The molecule has 1 aliphatic carbocycles. The van der Waals surface area contributed by atoms with Gasteiger partial charge in [-0.15, -0.1) is 11.3 Å². The van der Waals surface area contributed by atoms with Crippen molar-refractivity contribution < 1.29 is 18.0 Å². The summed E-state index contributed by atoms with van der Waals surface area (Å²) in [6.45, 7) is 0. The maximum atomic E-state index is 13.7. The van der Waals surface area contributed by atoms with Crippen molar-refractivity contribution in [2.75, 3.05) is 4.90 Å². The Kier molecular flexibility index (Phi) is 5.24. The number of ketones is 1. The lowest BCUT2D eigenvalue weighted by Gasteiger charge is -2.40. The second-order valence-corrected chi connectivity index (χ2v) is 9.47. The van der Waals surface area contributed by atoms with Gasteiger partial charge in [0.1, 0.15) is 5.82 Å². The zero-order valence-electron chi connectivity index (χ0n) is 15.5. The van der Waals surface area contributed by atoms with Gasteiger partial charge in [0.05, 0.1) is 32.6 Å². The second kappa shape index (κ2) is 7.60. The van der Waals surface area contributed by atoms with E-state index in [1.807, 2.05) is 6.07 Å². The molecule has 0 amide bonds. The quantitative estimate of drug-likeness (QED) is 0.570. The lowest BCUT2D eigenvalue weighted by molar-refractivity contribution is -0.137. The van der Waals surface area contributed by atoms with Crippen LogP contribution in [0, 0.1) is 11.3 Å². The van der Waals surface area contributed by atoms with Gasteiger partial charge in [0.2, 0.25) is 0 Å². The third kappa shape index (κ3) is 3.34. The molecule has 1 aromatic heterocycles. The molecule has 9 heteroatoms. The van der Waals surface area contributed by atoms with Crippen LogP contribution >= 0.6 is 27.3 Å². The zero-order chi connectivity index (χ0) is 21.6. The molecule has 0 saturated heterocycles.